The van der Waals surface area contributed by atoms with E-state index < -0.39 is 0 Å². The van der Waals surface area contributed by atoms with Crippen LogP contribution in [0.15, 0.2) is 60.7 Å². The third-order valence-electron chi connectivity index (χ3n) is 5.21. The Labute approximate surface area is 174 Å². The smallest absolute Gasteiger partial charge is 0.178 e. The molecule has 1 aromatic heterocycles. The second-order valence-corrected chi connectivity index (χ2v) is 9.74. The molecule has 0 fully saturated rings. The minimum absolute atomic E-state index is 0.0901. The zero-order valence-corrected chi connectivity index (χ0v) is 18.3. The fourth-order valence-corrected chi connectivity index (χ4v) is 3.72. The zero-order valence-electron chi connectivity index (χ0n) is 18.3. The fourth-order valence-electron chi connectivity index (χ4n) is 3.72. The number of nitrogens with zero attached hydrogens (tertiary/aromatic N) is 4. The molecule has 4 rings (SSSR count). The van der Waals surface area contributed by atoms with Gasteiger partial charge in [0.1, 0.15) is 6.67 Å². The third kappa shape index (κ3) is 3.59. The predicted molar refractivity (Wildman–Crippen MR) is 121 cm³/mol. The molecule has 2 heterocycles. The van der Waals surface area contributed by atoms with Crippen LogP contribution in [-0.4, -0.2) is 16.6 Å². The van der Waals surface area contributed by atoms with Crippen LogP contribution in [-0.2, 0) is 10.8 Å². The highest BCUT2D eigenvalue weighted by Gasteiger charge is 2.37. The first kappa shape index (κ1) is 19.4. The largest absolute Gasteiger partial charge is 0.305 e. The lowest BCUT2D eigenvalue weighted by Gasteiger charge is -2.29. The summed E-state index contributed by atoms with van der Waals surface area (Å²) in [6, 6.07) is 20.9. The molecular formula is C25H30N4. The molecule has 0 spiro atoms. The summed E-state index contributed by atoms with van der Waals surface area (Å²) < 4.78 is 0. The molecule has 0 bridgehead atoms. The summed E-state index contributed by atoms with van der Waals surface area (Å²) in [6.45, 7) is 14.0. The second kappa shape index (κ2) is 6.87. The van der Waals surface area contributed by atoms with Gasteiger partial charge in [-0.1, -0.05) is 77.9 Å². The fraction of sp³-hybridized carbons (Fsp3) is 0.360. The van der Waals surface area contributed by atoms with Crippen molar-refractivity contribution in [2.45, 2.75) is 52.4 Å². The molecule has 0 amide bonds. The molecule has 29 heavy (non-hydrogen) atoms. The van der Waals surface area contributed by atoms with E-state index in [9.17, 15) is 0 Å². The Morgan fingerprint density at radius 1 is 0.586 bits per heavy atom. The molecule has 4 nitrogen and oxygen atoms in total. The Kier molecular flexibility index (Phi) is 4.60. The Balaban J connectivity index is 1.96. The summed E-state index contributed by atoms with van der Waals surface area (Å²) in [5, 5.41) is 0. The molecule has 0 unspecified atom stereocenters. The highest BCUT2D eigenvalue weighted by Crippen LogP contribution is 2.44. The lowest BCUT2D eigenvalue weighted by atomic mass is 9.81. The van der Waals surface area contributed by atoms with E-state index >= 15 is 0 Å². The van der Waals surface area contributed by atoms with Gasteiger partial charge in [-0.05, 0) is 24.3 Å². The summed E-state index contributed by atoms with van der Waals surface area (Å²) in [5.41, 5.74) is 4.22. The lowest BCUT2D eigenvalue weighted by molar-refractivity contribution is 0.500. The van der Waals surface area contributed by atoms with Crippen LogP contribution in [0.3, 0.4) is 0 Å². The van der Waals surface area contributed by atoms with Crippen LogP contribution >= 0.6 is 0 Å². The van der Waals surface area contributed by atoms with E-state index in [2.05, 4.69) is 99.9 Å². The number of hydrogen-bond donors (Lipinski definition) is 0. The maximum Gasteiger partial charge on any atom is 0.178 e. The van der Waals surface area contributed by atoms with Gasteiger partial charge in [-0.3, -0.25) is 0 Å². The minimum atomic E-state index is -0.0901. The van der Waals surface area contributed by atoms with E-state index in [-0.39, 0.29) is 10.8 Å². The summed E-state index contributed by atoms with van der Waals surface area (Å²) in [6.07, 6.45) is 0. The maximum absolute atomic E-state index is 5.25. The number of para-hydroxylation sites is 2. The number of anilines is 4. The van der Waals surface area contributed by atoms with Gasteiger partial charge in [0.25, 0.3) is 0 Å². The topological polar surface area (TPSA) is 32.3 Å². The third-order valence-corrected chi connectivity index (χ3v) is 5.21. The molecule has 0 saturated carbocycles. The van der Waals surface area contributed by atoms with Crippen molar-refractivity contribution in [1.82, 2.24) is 9.97 Å². The molecular weight excluding hydrogens is 356 g/mol. The van der Waals surface area contributed by atoms with Crippen molar-refractivity contribution in [2.75, 3.05) is 16.5 Å². The normalized spacial score (nSPS) is 14.3. The van der Waals surface area contributed by atoms with Crippen LogP contribution in [0.2, 0.25) is 0 Å². The number of aromatic nitrogens is 2. The molecule has 2 aromatic carbocycles. The van der Waals surface area contributed by atoms with Crippen LogP contribution in [0.4, 0.5) is 23.0 Å². The molecule has 0 aliphatic carbocycles. The van der Waals surface area contributed by atoms with Gasteiger partial charge in [-0.15, -0.1) is 0 Å². The molecule has 4 heteroatoms. The monoisotopic (exact) mass is 386 g/mol. The van der Waals surface area contributed by atoms with Crippen LogP contribution in [0.25, 0.3) is 0 Å². The van der Waals surface area contributed by atoms with E-state index in [1.807, 2.05) is 12.1 Å². The molecule has 3 aromatic rings. The highest BCUT2D eigenvalue weighted by atomic mass is 15.4. The van der Waals surface area contributed by atoms with Crippen molar-refractivity contribution in [3.63, 3.8) is 0 Å². The van der Waals surface area contributed by atoms with Crippen LogP contribution in [0, 0.1) is 0 Å². The Morgan fingerprint density at radius 3 is 1.24 bits per heavy atom. The number of hydrogen-bond acceptors (Lipinski definition) is 4. The van der Waals surface area contributed by atoms with Gasteiger partial charge in [0, 0.05) is 22.2 Å². The molecule has 0 atom stereocenters. The van der Waals surface area contributed by atoms with Gasteiger partial charge >= 0.3 is 0 Å². The van der Waals surface area contributed by atoms with Gasteiger partial charge in [0.2, 0.25) is 0 Å². The Morgan fingerprint density at radius 2 is 0.931 bits per heavy atom. The van der Waals surface area contributed by atoms with E-state index in [0.29, 0.717) is 6.67 Å². The van der Waals surface area contributed by atoms with E-state index in [1.54, 1.807) is 0 Å². The first-order valence-corrected chi connectivity index (χ1v) is 10.2. The van der Waals surface area contributed by atoms with Gasteiger partial charge in [-0.25, -0.2) is 9.97 Å². The van der Waals surface area contributed by atoms with Gasteiger partial charge in [0.05, 0.1) is 11.4 Å². The first-order valence-electron chi connectivity index (χ1n) is 10.2. The lowest BCUT2D eigenvalue weighted by Crippen LogP contribution is -2.26. The highest BCUT2D eigenvalue weighted by molar-refractivity contribution is 5.82. The van der Waals surface area contributed by atoms with E-state index in [0.717, 1.165) is 34.4 Å². The number of benzene rings is 2. The molecule has 150 valence electrons. The molecule has 0 N–H and O–H groups in total. The van der Waals surface area contributed by atoms with E-state index in [1.165, 1.54) is 0 Å². The number of fused-ring (bicyclic) bond motifs is 1. The average molecular weight is 387 g/mol. The summed E-state index contributed by atoms with van der Waals surface area (Å²) >= 11 is 0. The van der Waals surface area contributed by atoms with Crippen molar-refractivity contribution >= 4 is 23.0 Å². The summed E-state index contributed by atoms with van der Waals surface area (Å²) in [4.78, 5) is 15.0. The van der Waals surface area contributed by atoms with Crippen molar-refractivity contribution in [2.24, 2.45) is 0 Å². The van der Waals surface area contributed by atoms with Crippen LogP contribution in [0.5, 0.6) is 0 Å². The Bertz CT molecular complexity index is 916. The quantitative estimate of drug-likeness (QED) is 0.516. The van der Waals surface area contributed by atoms with Crippen LogP contribution < -0.4 is 9.80 Å². The maximum atomic E-state index is 5.25. The average Bonchev–Trinajstić information content (AvgIpc) is 3.06. The zero-order chi connectivity index (χ0) is 20.8. The predicted octanol–water partition coefficient (Wildman–Crippen LogP) is 6.32. The van der Waals surface area contributed by atoms with Crippen molar-refractivity contribution in [3.05, 3.63) is 72.1 Å². The summed E-state index contributed by atoms with van der Waals surface area (Å²) in [5.74, 6) is 1.86. The molecule has 1 aliphatic rings. The number of rotatable bonds is 2. The van der Waals surface area contributed by atoms with Crippen molar-refractivity contribution in [3.8, 4) is 0 Å². The van der Waals surface area contributed by atoms with Crippen molar-refractivity contribution < 1.29 is 0 Å². The molecule has 0 radical (unpaired) electrons. The molecule has 0 saturated heterocycles. The van der Waals surface area contributed by atoms with Gasteiger partial charge in [0.15, 0.2) is 11.6 Å². The SMILES string of the molecule is CC(C)(C)c1nc2c(nc1C(C)(C)C)N(c1ccccc1)CN2c1ccccc1. The van der Waals surface area contributed by atoms with Crippen molar-refractivity contribution in [1.29, 1.82) is 0 Å². The standard InChI is InChI=1S/C25H30N4/c1-24(2,3)20-21(25(4,5)6)27-23-22(26-20)28(18-13-9-7-10-14-18)17-29(23)19-15-11-8-12-16-19/h7-16H,17H2,1-6H3. The second-order valence-electron chi connectivity index (χ2n) is 9.74. The van der Waals surface area contributed by atoms with E-state index in [4.69, 9.17) is 9.97 Å². The molecule has 1 aliphatic heterocycles. The van der Waals surface area contributed by atoms with Crippen LogP contribution in [0.1, 0.15) is 52.9 Å². The summed E-state index contributed by atoms with van der Waals surface area (Å²) in [7, 11) is 0. The van der Waals surface area contributed by atoms with Gasteiger partial charge < -0.3 is 9.80 Å². The van der Waals surface area contributed by atoms with Gasteiger partial charge in [-0.2, -0.15) is 0 Å². The minimum Gasteiger partial charge on any atom is -0.305 e. The Hall–Kier alpha value is -2.88. The first-order chi connectivity index (χ1) is 13.7.